The maximum Gasteiger partial charge on any atom is 0.264 e. The Morgan fingerprint density at radius 2 is 1.62 bits per heavy atom. The predicted octanol–water partition coefficient (Wildman–Crippen LogP) is 2.85. The molecule has 0 saturated carbocycles. The van der Waals surface area contributed by atoms with E-state index in [1.165, 1.54) is 37.4 Å². The lowest BCUT2D eigenvalue weighted by molar-refractivity contribution is 0.441. The summed E-state index contributed by atoms with van der Waals surface area (Å²) in [6.07, 6.45) is 7.72. The topological polar surface area (TPSA) is 87.2 Å². The van der Waals surface area contributed by atoms with Crippen molar-refractivity contribution in [1.82, 2.24) is 14.9 Å². The quantitative estimate of drug-likeness (QED) is 0.775. The highest BCUT2D eigenvalue weighted by atomic mass is 32.2. The highest BCUT2D eigenvalue weighted by Gasteiger charge is 2.16. The van der Waals surface area contributed by atoms with Gasteiger partial charge in [0, 0.05) is 31.2 Å². The third-order valence-corrected chi connectivity index (χ3v) is 5.80. The monoisotopic (exact) mass is 391 g/mol. The van der Waals surface area contributed by atoms with Crippen molar-refractivity contribution >= 4 is 39.0 Å². The highest BCUT2D eigenvalue weighted by Crippen LogP contribution is 2.17. The molecule has 1 fully saturated rings. The average Bonchev–Trinajstić information content (AvgIpc) is 2.92. The van der Waals surface area contributed by atoms with Crippen molar-refractivity contribution in [2.24, 2.45) is 0 Å². The van der Waals surface area contributed by atoms with Gasteiger partial charge in [-0.3, -0.25) is 0 Å². The van der Waals surface area contributed by atoms with Gasteiger partial charge in [-0.05, 0) is 55.4 Å². The molecule has 1 saturated heterocycles. The number of likely N-dealkylation sites (tertiary alicyclic amines) is 1. The number of anilines is 2. The van der Waals surface area contributed by atoms with Crippen LogP contribution >= 0.6 is 12.2 Å². The maximum atomic E-state index is 12.4. The van der Waals surface area contributed by atoms with E-state index in [-0.39, 0.29) is 10.8 Å². The molecule has 0 radical (unpaired) electrons. The third-order valence-electron chi connectivity index (χ3n) is 4.10. The summed E-state index contributed by atoms with van der Waals surface area (Å²) in [5, 5.41) is 3.86. The van der Waals surface area contributed by atoms with Crippen LogP contribution in [0.2, 0.25) is 0 Å². The Morgan fingerprint density at radius 3 is 2.23 bits per heavy atom. The van der Waals surface area contributed by atoms with Crippen molar-refractivity contribution in [1.29, 1.82) is 0 Å². The maximum absolute atomic E-state index is 12.4. The van der Waals surface area contributed by atoms with Gasteiger partial charge in [0.05, 0.1) is 4.90 Å². The molecule has 1 aliphatic heterocycles. The molecular weight excluding hydrogens is 370 g/mol. The van der Waals surface area contributed by atoms with E-state index >= 15 is 0 Å². The summed E-state index contributed by atoms with van der Waals surface area (Å²) in [4.78, 5) is 10.0. The molecule has 138 valence electrons. The SMILES string of the molecule is O=S(=O)(Nc1ncccn1)c1ccc(NC(=S)N2CCCCCC2)cc1. The van der Waals surface area contributed by atoms with Gasteiger partial charge in [-0.25, -0.2) is 23.1 Å². The molecule has 26 heavy (non-hydrogen) atoms. The number of aromatic nitrogens is 2. The zero-order valence-corrected chi connectivity index (χ0v) is 15.9. The Kier molecular flexibility index (Phi) is 6.00. The van der Waals surface area contributed by atoms with Crippen LogP contribution in [0.4, 0.5) is 11.6 Å². The summed E-state index contributed by atoms with van der Waals surface area (Å²) in [5.74, 6) is 0.0389. The first-order valence-corrected chi connectivity index (χ1v) is 10.4. The Hall–Kier alpha value is -2.26. The molecule has 1 aromatic heterocycles. The van der Waals surface area contributed by atoms with Crippen LogP contribution in [0.5, 0.6) is 0 Å². The number of rotatable bonds is 4. The van der Waals surface area contributed by atoms with Crippen LogP contribution in [0.15, 0.2) is 47.6 Å². The van der Waals surface area contributed by atoms with Crippen molar-refractivity contribution in [2.75, 3.05) is 23.1 Å². The number of sulfonamides is 1. The summed E-state index contributed by atoms with van der Waals surface area (Å²) in [7, 11) is -3.73. The van der Waals surface area contributed by atoms with Gasteiger partial charge >= 0.3 is 0 Å². The largest absolute Gasteiger partial charge is 0.349 e. The second kappa shape index (κ2) is 8.41. The molecule has 0 atom stereocenters. The molecule has 0 unspecified atom stereocenters. The molecule has 2 N–H and O–H groups in total. The van der Waals surface area contributed by atoms with Crippen LogP contribution in [0.25, 0.3) is 0 Å². The van der Waals surface area contributed by atoms with E-state index < -0.39 is 10.0 Å². The molecule has 0 aliphatic carbocycles. The van der Waals surface area contributed by atoms with E-state index in [4.69, 9.17) is 12.2 Å². The number of hydrogen-bond acceptors (Lipinski definition) is 5. The van der Waals surface area contributed by atoms with Crippen LogP contribution in [0.3, 0.4) is 0 Å². The van der Waals surface area contributed by atoms with Gasteiger partial charge < -0.3 is 10.2 Å². The number of thiocarbonyl (C=S) groups is 1. The summed E-state index contributed by atoms with van der Waals surface area (Å²) in [6, 6.07) is 8.07. The molecule has 9 heteroatoms. The van der Waals surface area contributed by atoms with Gasteiger partial charge in [0.15, 0.2) is 5.11 Å². The van der Waals surface area contributed by atoms with Crippen LogP contribution < -0.4 is 10.0 Å². The van der Waals surface area contributed by atoms with Gasteiger partial charge in [-0.2, -0.15) is 0 Å². The van der Waals surface area contributed by atoms with Gasteiger partial charge in [0.1, 0.15) is 0 Å². The van der Waals surface area contributed by atoms with E-state index in [9.17, 15) is 8.42 Å². The molecule has 0 spiro atoms. The number of nitrogens with one attached hydrogen (secondary N) is 2. The molecule has 2 heterocycles. The fourth-order valence-electron chi connectivity index (χ4n) is 2.72. The Labute approximate surface area is 158 Å². The first-order chi connectivity index (χ1) is 12.5. The van der Waals surface area contributed by atoms with Crippen LogP contribution in [-0.2, 0) is 10.0 Å². The van der Waals surface area contributed by atoms with Gasteiger partial charge in [-0.15, -0.1) is 0 Å². The second-order valence-electron chi connectivity index (χ2n) is 6.03. The lowest BCUT2D eigenvalue weighted by Gasteiger charge is -2.24. The third kappa shape index (κ3) is 4.89. The van der Waals surface area contributed by atoms with Crippen LogP contribution in [0.1, 0.15) is 25.7 Å². The molecule has 7 nitrogen and oxygen atoms in total. The Balaban J connectivity index is 1.65. The van der Waals surface area contributed by atoms with Crippen molar-refractivity contribution in [3.63, 3.8) is 0 Å². The molecule has 3 rings (SSSR count). The minimum atomic E-state index is -3.73. The lowest BCUT2D eigenvalue weighted by atomic mass is 10.2. The number of benzene rings is 1. The van der Waals surface area contributed by atoms with Gasteiger partial charge in [-0.1, -0.05) is 12.8 Å². The second-order valence-corrected chi connectivity index (χ2v) is 8.10. The first kappa shape index (κ1) is 18.5. The molecule has 0 amide bonds. The number of nitrogens with zero attached hydrogens (tertiary/aromatic N) is 3. The average molecular weight is 392 g/mol. The number of hydrogen-bond donors (Lipinski definition) is 2. The van der Waals surface area contributed by atoms with E-state index in [1.807, 2.05) is 0 Å². The van der Waals surface area contributed by atoms with E-state index in [2.05, 4.69) is 24.9 Å². The summed E-state index contributed by atoms with van der Waals surface area (Å²) < 4.78 is 27.1. The van der Waals surface area contributed by atoms with Gasteiger partial charge in [0.2, 0.25) is 5.95 Å². The summed E-state index contributed by atoms with van der Waals surface area (Å²) in [6.45, 7) is 1.92. The van der Waals surface area contributed by atoms with E-state index in [1.54, 1.807) is 18.2 Å². The van der Waals surface area contributed by atoms with E-state index in [0.717, 1.165) is 31.6 Å². The standard InChI is InChI=1S/C17H21N5O2S2/c23-26(24,21-16-18-10-5-11-19-16)15-8-6-14(7-9-15)20-17(25)22-12-3-1-2-4-13-22/h5-11H,1-4,12-13H2,(H,20,25)(H,18,19,21). The molecular formula is C17H21N5O2S2. The smallest absolute Gasteiger partial charge is 0.264 e. The van der Waals surface area contributed by atoms with Crippen molar-refractivity contribution < 1.29 is 8.42 Å². The Bertz CT molecular complexity index is 833. The van der Waals surface area contributed by atoms with Crippen molar-refractivity contribution in [3.8, 4) is 0 Å². The first-order valence-electron chi connectivity index (χ1n) is 8.50. The zero-order chi connectivity index (χ0) is 18.4. The predicted molar refractivity (Wildman–Crippen MR) is 106 cm³/mol. The van der Waals surface area contributed by atoms with Gasteiger partial charge in [0.25, 0.3) is 10.0 Å². The summed E-state index contributed by atoms with van der Waals surface area (Å²) in [5.41, 5.74) is 0.758. The summed E-state index contributed by atoms with van der Waals surface area (Å²) >= 11 is 5.48. The molecule has 2 aromatic rings. The zero-order valence-electron chi connectivity index (χ0n) is 14.3. The molecule has 0 bridgehead atoms. The minimum Gasteiger partial charge on any atom is -0.349 e. The lowest BCUT2D eigenvalue weighted by Crippen LogP contribution is -2.35. The van der Waals surface area contributed by atoms with Crippen molar-refractivity contribution in [2.45, 2.75) is 30.6 Å². The highest BCUT2D eigenvalue weighted by molar-refractivity contribution is 7.92. The normalized spacial score (nSPS) is 15.2. The fraction of sp³-hybridized carbons (Fsp3) is 0.353. The van der Waals surface area contributed by atoms with Crippen molar-refractivity contribution in [3.05, 3.63) is 42.7 Å². The van der Waals surface area contributed by atoms with Crippen LogP contribution in [-0.4, -0.2) is 41.5 Å². The Morgan fingerprint density at radius 1 is 1.00 bits per heavy atom. The molecule has 1 aliphatic rings. The minimum absolute atomic E-state index is 0.0389. The van der Waals surface area contributed by atoms with E-state index in [0.29, 0.717) is 5.11 Å². The van der Waals surface area contributed by atoms with Crippen LogP contribution in [0, 0.1) is 0 Å². The molecule has 1 aromatic carbocycles. The fourth-order valence-corrected chi connectivity index (χ4v) is 3.98.